The van der Waals surface area contributed by atoms with Gasteiger partial charge < -0.3 is 15.6 Å². The first-order valence-corrected chi connectivity index (χ1v) is 11.6. The zero-order chi connectivity index (χ0) is 23.8. The Kier molecular flexibility index (Phi) is 8.94. The van der Waals surface area contributed by atoms with Gasteiger partial charge in [0.15, 0.2) is 12.2 Å². The number of esters is 1. The number of hydrogen-bond acceptors (Lipinski definition) is 8. The van der Waals surface area contributed by atoms with Crippen LogP contribution in [0.5, 0.6) is 0 Å². The summed E-state index contributed by atoms with van der Waals surface area (Å²) in [7, 11) is 3.23. The van der Waals surface area contributed by atoms with Crippen LogP contribution in [0, 0.1) is 11.8 Å². The van der Waals surface area contributed by atoms with Crippen molar-refractivity contribution in [3.8, 4) is 0 Å². The Balaban J connectivity index is 1.74. The molecule has 2 aromatic rings. The molecule has 3 rings (SSSR count). The highest BCUT2D eigenvalue weighted by Crippen LogP contribution is 2.39. The molecule has 3 atom stereocenters. The standard InChI is InChI=1S/C25H32N2O5S/c1-18-11-21(18)10-9-20-12-22(14-23(13-20)27(2)33-32-30-3)24(29)31-17-25(26,16-28)15-19-7-5-4-6-8-19/h4-10,12-14,18,21,28H,11,15-17,26H2,1-3H3/b10-9-. The van der Waals surface area contributed by atoms with E-state index in [-0.39, 0.29) is 13.2 Å². The number of benzene rings is 2. The van der Waals surface area contributed by atoms with Gasteiger partial charge in [-0.05, 0) is 54.0 Å². The van der Waals surface area contributed by atoms with Crippen LogP contribution in [0.4, 0.5) is 5.69 Å². The number of anilines is 1. The lowest BCUT2D eigenvalue weighted by Gasteiger charge is -2.27. The normalized spacial score (nSPS) is 19.3. The van der Waals surface area contributed by atoms with E-state index in [9.17, 15) is 9.90 Å². The van der Waals surface area contributed by atoms with Crippen LogP contribution in [0.2, 0.25) is 0 Å². The molecular formula is C25H32N2O5S. The molecule has 0 radical (unpaired) electrons. The van der Waals surface area contributed by atoms with Gasteiger partial charge in [-0.3, -0.25) is 4.31 Å². The van der Waals surface area contributed by atoms with Gasteiger partial charge in [0.25, 0.3) is 0 Å². The summed E-state index contributed by atoms with van der Waals surface area (Å²) in [5, 5.41) is 9.86. The third kappa shape index (κ3) is 7.58. The van der Waals surface area contributed by atoms with Crippen molar-refractivity contribution >= 4 is 30.0 Å². The molecule has 1 aliphatic rings. The van der Waals surface area contributed by atoms with Crippen molar-refractivity contribution in [1.29, 1.82) is 0 Å². The first-order chi connectivity index (χ1) is 15.8. The molecule has 33 heavy (non-hydrogen) atoms. The monoisotopic (exact) mass is 472 g/mol. The van der Waals surface area contributed by atoms with E-state index in [0.717, 1.165) is 29.0 Å². The second-order valence-electron chi connectivity index (χ2n) is 8.61. The number of carbonyl (C=O) groups excluding carboxylic acids is 1. The van der Waals surface area contributed by atoms with E-state index < -0.39 is 11.5 Å². The van der Waals surface area contributed by atoms with Crippen LogP contribution < -0.4 is 10.0 Å². The van der Waals surface area contributed by atoms with Gasteiger partial charge >= 0.3 is 5.97 Å². The lowest BCUT2D eigenvalue weighted by Crippen LogP contribution is -2.50. The van der Waals surface area contributed by atoms with Crippen molar-refractivity contribution in [2.75, 3.05) is 31.7 Å². The SMILES string of the molecule is COOSN(C)c1cc(/C=C\C2CC2C)cc(C(=O)OCC(N)(CO)Cc2ccccc2)c1. The van der Waals surface area contributed by atoms with Gasteiger partial charge in [-0.25, -0.2) is 9.68 Å². The van der Waals surface area contributed by atoms with Gasteiger partial charge in [-0.15, -0.1) is 4.33 Å². The molecule has 178 valence electrons. The minimum Gasteiger partial charge on any atom is -0.460 e. The molecule has 0 aromatic heterocycles. The van der Waals surface area contributed by atoms with Crippen molar-refractivity contribution in [3.63, 3.8) is 0 Å². The molecule has 0 saturated heterocycles. The Bertz CT molecular complexity index is 955. The van der Waals surface area contributed by atoms with Crippen LogP contribution in [0.3, 0.4) is 0 Å². The van der Waals surface area contributed by atoms with E-state index >= 15 is 0 Å². The highest BCUT2D eigenvalue weighted by molar-refractivity contribution is 7.95. The van der Waals surface area contributed by atoms with Crippen LogP contribution in [0.15, 0.2) is 54.6 Å². The molecule has 3 N–H and O–H groups in total. The number of carbonyl (C=O) groups is 1. The maximum atomic E-state index is 12.9. The van der Waals surface area contributed by atoms with Gasteiger partial charge in [-0.2, -0.15) is 0 Å². The quantitative estimate of drug-likeness (QED) is 0.157. The number of nitrogens with two attached hydrogens (primary N) is 1. The third-order valence-electron chi connectivity index (χ3n) is 5.66. The van der Waals surface area contributed by atoms with Crippen LogP contribution in [-0.4, -0.2) is 44.0 Å². The first kappa shape index (κ1) is 25.3. The van der Waals surface area contributed by atoms with Gasteiger partial charge in [-0.1, -0.05) is 49.4 Å². The molecule has 0 amide bonds. The third-order valence-corrected chi connectivity index (χ3v) is 6.29. The molecule has 7 nitrogen and oxygen atoms in total. The molecule has 3 unspecified atom stereocenters. The van der Waals surface area contributed by atoms with E-state index in [0.29, 0.717) is 23.8 Å². The summed E-state index contributed by atoms with van der Waals surface area (Å²) in [6, 6.07) is 15.1. The Morgan fingerprint density at radius 2 is 2.03 bits per heavy atom. The smallest absolute Gasteiger partial charge is 0.338 e. The summed E-state index contributed by atoms with van der Waals surface area (Å²) < 4.78 is 12.2. The minimum atomic E-state index is -1.07. The topological polar surface area (TPSA) is 94.2 Å². The average Bonchev–Trinajstić information content (AvgIpc) is 3.55. The summed E-state index contributed by atoms with van der Waals surface area (Å²) in [6.07, 6.45) is 5.78. The number of rotatable bonds is 12. The van der Waals surface area contributed by atoms with Crippen LogP contribution in [0.25, 0.3) is 6.08 Å². The van der Waals surface area contributed by atoms with Gasteiger partial charge in [0, 0.05) is 7.05 Å². The predicted octanol–water partition coefficient (Wildman–Crippen LogP) is 4.02. The van der Waals surface area contributed by atoms with Crippen molar-refractivity contribution in [3.05, 3.63) is 71.3 Å². The highest BCUT2D eigenvalue weighted by Gasteiger charge is 2.29. The molecular weight excluding hydrogens is 440 g/mol. The Hall–Kier alpha value is -2.36. The fourth-order valence-corrected chi connectivity index (χ4v) is 3.79. The van der Waals surface area contributed by atoms with E-state index in [4.69, 9.17) is 14.8 Å². The molecule has 0 aliphatic heterocycles. The van der Waals surface area contributed by atoms with Crippen LogP contribution in [0.1, 0.15) is 34.8 Å². The largest absolute Gasteiger partial charge is 0.460 e. The molecule has 0 bridgehead atoms. The van der Waals surface area contributed by atoms with Crippen molar-refractivity contribution in [2.24, 2.45) is 17.6 Å². The summed E-state index contributed by atoms with van der Waals surface area (Å²) in [4.78, 5) is 17.6. The maximum absolute atomic E-state index is 12.9. The Morgan fingerprint density at radius 1 is 1.30 bits per heavy atom. The van der Waals surface area contributed by atoms with Gasteiger partial charge in [0.05, 0.1) is 30.5 Å². The lowest BCUT2D eigenvalue weighted by molar-refractivity contribution is -0.160. The van der Waals surface area contributed by atoms with Crippen molar-refractivity contribution < 1.29 is 23.9 Å². The highest BCUT2D eigenvalue weighted by atomic mass is 32.2. The summed E-state index contributed by atoms with van der Waals surface area (Å²) in [6.45, 7) is 1.80. The Labute approximate surface area is 199 Å². The van der Waals surface area contributed by atoms with E-state index in [1.807, 2.05) is 42.5 Å². The number of allylic oxidation sites excluding steroid dienone is 1. The number of hydrogen-bond donors (Lipinski definition) is 2. The van der Waals surface area contributed by atoms with Crippen molar-refractivity contribution in [2.45, 2.75) is 25.3 Å². The van der Waals surface area contributed by atoms with Gasteiger partial charge in [0.1, 0.15) is 6.61 Å². The summed E-state index contributed by atoms with van der Waals surface area (Å²) >= 11 is 1.00. The Morgan fingerprint density at radius 3 is 2.67 bits per heavy atom. The number of aliphatic hydroxyl groups is 1. The molecule has 1 aliphatic carbocycles. The molecule has 2 aromatic carbocycles. The van der Waals surface area contributed by atoms with E-state index in [1.54, 1.807) is 23.5 Å². The average molecular weight is 473 g/mol. The maximum Gasteiger partial charge on any atom is 0.338 e. The van der Waals surface area contributed by atoms with E-state index in [2.05, 4.69) is 17.9 Å². The van der Waals surface area contributed by atoms with Crippen molar-refractivity contribution in [1.82, 2.24) is 0 Å². The fraction of sp³-hybridized carbons (Fsp3) is 0.400. The molecule has 0 spiro atoms. The number of nitrogens with zero attached hydrogens (tertiary/aromatic N) is 1. The second-order valence-corrected chi connectivity index (χ2v) is 9.45. The lowest BCUT2D eigenvalue weighted by atomic mass is 9.93. The molecule has 1 fully saturated rings. The number of aliphatic hydroxyl groups excluding tert-OH is 1. The van der Waals surface area contributed by atoms with E-state index in [1.165, 1.54) is 13.5 Å². The predicted molar refractivity (Wildman–Crippen MR) is 131 cm³/mol. The van der Waals surface area contributed by atoms with Crippen LogP contribution in [-0.2, 0) is 20.4 Å². The zero-order valence-corrected chi connectivity index (χ0v) is 20.1. The second kappa shape index (κ2) is 11.7. The molecule has 0 heterocycles. The summed E-state index contributed by atoms with van der Waals surface area (Å²) in [5.41, 5.74) is 8.25. The van der Waals surface area contributed by atoms with Crippen LogP contribution >= 0.6 is 12.2 Å². The first-order valence-electron chi connectivity index (χ1n) is 10.9. The zero-order valence-electron chi connectivity index (χ0n) is 19.3. The molecule has 8 heteroatoms. The fourth-order valence-electron chi connectivity index (χ4n) is 3.45. The van der Waals surface area contributed by atoms with Gasteiger partial charge in [0.2, 0.25) is 0 Å². The number of ether oxygens (including phenoxy) is 1. The molecule has 1 saturated carbocycles. The summed E-state index contributed by atoms with van der Waals surface area (Å²) in [5.74, 6) is 0.769. The minimum absolute atomic E-state index is 0.108.